The van der Waals surface area contributed by atoms with Gasteiger partial charge in [-0.3, -0.25) is 4.79 Å². The molecule has 82 valence electrons. The molecule has 0 aliphatic heterocycles. The SMILES string of the molecule is CCN(CC(N)=O)c1ccc(N)cc1Cl. The van der Waals surface area contributed by atoms with E-state index in [9.17, 15) is 4.79 Å². The second-order valence-electron chi connectivity index (χ2n) is 3.19. The van der Waals surface area contributed by atoms with Gasteiger partial charge in [-0.1, -0.05) is 11.6 Å². The van der Waals surface area contributed by atoms with E-state index < -0.39 is 0 Å². The predicted octanol–water partition coefficient (Wildman–Crippen LogP) is 1.23. The number of primary amides is 1. The molecule has 1 amide bonds. The number of anilines is 2. The second kappa shape index (κ2) is 4.89. The Kier molecular flexibility index (Phi) is 3.80. The molecule has 1 rings (SSSR count). The topological polar surface area (TPSA) is 72.3 Å². The first kappa shape index (κ1) is 11.7. The fraction of sp³-hybridized carbons (Fsp3) is 0.300. The lowest BCUT2D eigenvalue weighted by Gasteiger charge is -2.22. The Morgan fingerprint density at radius 3 is 2.67 bits per heavy atom. The van der Waals surface area contributed by atoms with Gasteiger partial charge in [-0.05, 0) is 25.1 Å². The maximum Gasteiger partial charge on any atom is 0.236 e. The molecular formula is C10H14ClN3O. The van der Waals surface area contributed by atoms with Crippen molar-refractivity contribution in [2.75, 3.05) is 23.7 Å². The van der Waals surface area contributed by atoms with Crippen molar-refractivity contribution in [1.29, 1.82) is 0 Å². The molecule has 1 aromatic carbocycles. The number of hydrogen-bond acceptors (Lipinski definition) is 3. The van der Waals surface area contributed by atoms with E-state index in [4.69, 9.17) is 23.1 Å². The fourth-order valence-electron chi connectivity index (χ4n) is 1.34. The number of carbonyl (C=O) groups is 1. The standard InChI is InChI=1S/C10H14ClN3O/c1-2-14(6-10(13)15)9-4-3-7(12)5-8(9)11/h3-5H,2,6,12H2,1H3,(H2,13,15). The van der Waals surface area contributed by atoms with Crippen molar-refractivity contribution in [2.24, 2.45) is 5.73 Å². The molecule has 1 aromatic rings. The highest BCUT2D eigenvalue weighted by molar-refractivity contribution is 6.33. The first-order chi connectivity index (χ1) is 7.04. The molecule has 0 spiro atoms. The maximum atomic E-state index is 10.8. The van der Waals surface area contributed by atoms with Crippen LogP contribution < -0.4 is 16.4 Å². The van der Waals surface area contributed by atoms with E-state index in [1.807, 2.05) is 6.92 Å². The number of hydrogen-bond donors (Lipinski definition) is 2. The third-order valence-corrected chi connectivity index (χ3v) is 2.34. The lowest BCUT2D eigenvalue weighted by molar-refractivity contribution is -0.116. The Labute approximate surface area is 93.8 Å². The van der Waals surface area contributed by atoms with Crippen molar-refractivity contribution >= 4 is 28.9 Å². The zero-order valence-corrected chi connectivity index (χ0v) is 9.29. The van der Waals surface area contributed by atoms with Gasteiger partial charge in [-0.15, -0.1) is 0 Å². The molecule has 0 aromatic heterocycles. The molecule has 0 aliphatic carbocycles. The molecule has 0 aliphatic rings. The molecule has 5 heteroatoms. The van der Waals surface area contributed by atoms with Gasteiger partial charge in [0, 0.05) is 12.2 Å². The van der Waals surface area contributed by atoms with Crippen LogP contribution in [0.2, 0.25) is 5.02 Å². The first-order valence-corrected chi connectivity index (χ1v) is 5.00. The Hall–Kier alpha value is -1.42. The van der Waals surface area contributed by atoms with Gasteiger partial charge < -0.3 is 16.4 Å². The van der Waals surface area contributed by atoms with E-state index in [1.54, 1.807) is 23.1 Å². The number of benzene rings is 1. The largest absolute Gasteiger partial charge is 0.399 e. The molecule has 0 heterocycles. The van der Waals surface area contributed by atoms with Crippen LogP contribution in [0.25, 0.3) is 0 Å². The summed E-state index contributed by atoms with van der Waals surface area (Å²) in [6, 6.07) is 5.18. The van der Waals surface area contributed by atoms with Gasteiger partial charge in [0.15, 0.2) is 0 Å². The van der Waals surface area contributed by atoms with Crippen LogP contribution in [0.15, 0.2) is 18.2 Å². The van der Waals surface area contributed by atoms with Gasteiger partial charge in [-0.25, -0.2) is 0 Å². The zero-order chi connectivity index (χ0) is 11.4. The average molecular weight is 228 g/mol. The third kappa shape index (κ3) is 3.02. The number of nitrogens with two attached hydrogens (primary N) is 2. The van der Waals surface area contributed by atoms with Crippen LogP contribution in [0.3, 0.4) is 0 Å². The van der Waals surface area contributed by atoms with Gasteiger partial charge in [0.25, 0.3) is 0 Å². The average Bonchev–Trinajstić information content (AvgIpc) is 2.14. The summed E-state index contributed by atoms with van der Waals surface area (Å²) in [5.41, 5.74) is 12.1. The minimum absolute atomic E-state index is 0.153. The van der Waals surface area contributed by atoms with E-state index in [2.05, 4.69) is 0 Å². The molecular weight excluding hydrogens is 214 g/mol. The quantitative estimate of drug-likeness (QED) is 0.760. The summed E-state index contributed by atoms with van der Waals surface area (Å²) in [6.45, 7) is 2.74. The Morgan fingerprint density at radius 1 is 1.53 bits per heavy atom. The van der Waals surface area contributed by atoms with Gasteiger partial charge in [-0.2, -0.15) is 0 Å². The number of likely N-dealkylation sites (N-methyl/N-ethyl adjacent to an activating group) is 1. The molecule has 0 atom stereocenters. The van der Waals surface area contributed by atoms with Crippen LogP contribution >= 0.6 is 11.6 Å². The zero-order valence-electron chi connectivity index (χ0n) is 8.53. The lowest BCUT2D eigenvalue weighted by Crippen LogP contribution is -2.33. The molecule has 0 fully saturated rings. The van der Waals surface area contributed by atoms with Crippen LogP contribution in [-0.4, -0.2) is 19.0 Å². The number of nitrogen functional groups attached to an aromatic ring is 1. The molecule has 4 N–H and O–H groups in total. The van der Waals surface area contributed by atoms with Gasteiger partial charge >= 0.3 is 0 Å². The predicted molar refractivity (Wildman–Crippen MR) is 62.9 cm³/mol. The van der Waals surface area contributed by atoms with Crippen LogP contribution in [0.4, 0.5) is 11.4 Å². The smallest absolute Gasteiger partial charge is 0.236 e. The number of carbonyl (C=O) groups excluding carboxylic acids is 1. The van der Waals surface area contributed by atoms with Crippen molar-refractivity contribution in [3.05, 3.63) is 23.2 Å². The van der Waals surface area contributed by atoms with E-state index in [-0.39, 0.29) is 12.5 Å². The summed E-state index contributed by atoms with van der Waals surface area (Å²) in [7, 11) is 0. The molecule has 0 saturated carbocycles. The van der Waals surface area contributed by atoms with Crippen molar-refractivity contribution in [1.82, 2.24) is 0 Å². The number of nitrogens with zero attached hydrogens (tertiary/aromatic N) is 1. The Morgan fingerprint density at radius 2 is 2.20 bits per heavy atom. The number of amides is 1. The van der Waals surface area contributed by atoms with Crippen LogP contribution in [0, 0.1) is 0 Å². The molecule has 4 nitrogen and oxygen atoms in total. The summed E-state index contributed by atoms with van der Waals surface area (Å²) >= 11 is 6.01. The van der Waals surface area contributed by atoms with E-state index in [1.165, 1.54) is 0 Å². The maximum absolute atomic E-state index is 10.8. The summed E-state index contributed by atoms with van der Waals surface area (Å²) in [4.78, 5) is 12.6. The van der Waals surface area contributed by atoms with Crippen LogP contribution in [0.1, 0.15) is 6.92 Å². The lowest BCUT2D eigenvalue weighted by atomic mass is 10.2. The second-order valence-corrected chi connectivity index (χ2v) is 3.60. The Balaban J connectivity index is 2.96. The van der Waals surface area contributed by atoms with Gasteiger partial charge in [0.1, 0.15) is 0 Å². The Bertz CT molecular complexity index is 368. The summed E-state index contributed by atoms with van der Waals surface area (Å²) < 4.78 is 0. The van der Waals surface area contributed by atoms with Crippen molar-refractivity contribution in [3.8, 4) is 0 Å². The summed E-state index contributed by atoms with van der Waals surface area (Å²) in [6.07, 6.45) is 0. The van der Waals surface area contributed by atoms with Crippen LogP contribution in [0.5, 0.6) is 0 Å². The highest BCUT2D eigenvalue weighted by Crippen LogP contribution is 2.27. The van der Waals surface area contributed by atoms with E-state index in [0.29, 0.717) is 17.3 Å². The van der Waals surface area contributed by atoms with Crippen molar-refractivity contribution in [2.45, 2.75) is 6.92 Å². The minimum atomic E-state index is -0.384. The van der Waals surface area contributed by atoms with Gasteiger partial charge in [0.05, 0.1) is 17.3 Å². The molecule has 0 unspecified atom stereocenters. The highest BCUT2D eigenvalue weighted by Gasteiger charge is 2.10. The minimum Gasteiger partial charge on any atom is -0.399 e. The fourth-order valence-corrected chi connectivity index (χ4v) is 1.64. The molecule has 0 bridgehead atoms. The van der Waals surface area contributed by atoms with E-state index >= 15 is 0 Å². The number of rotatable bonds is 4. The van der Waals surface area contributed by atoms with Crippen molar-refractivity contribution < 1.29 is 4.79 Å². The van der Waals surface area contributed by atoms with Gasteiger partial charge in [0.2, 0.25) is 5.91 Å². The highest BCUT2D eigenvalue weighted by atomic mass is 35.5. The van der Waals surface area contributed by atoms with E-state index in [0.717, 1.165) is 5.69 Å². The summed E-state index contributed by atoms with van der Waals surface area (Å²) in [5, 5.41) is 0.526. The first-order valence-electron chi connectivity index (χ1n) is 4.63. The molecule has 0 radical (unpaired) electrons. The molecule has 0 saturated heterocycles. The van der Waals surface area contributed by atoms with Crippen LogP contribution in [-0.2, 0) is 4.79 Å². The number of halogens is 1. The molecule has 15 heavy (non-hydrogen) atoms. The third-order valence-electron chi connectivity index (χ3n) is 2.04. The summed E-state index contributed by atoms with van der Waals surface area (Å²) in [5.74, 6) is -0.384. The monoisotopic (exact) mass is 227 g/mol. The normalized spacial score (nSPS) is 10.0. The van der Waals surface area contributed by atoms with Crippen molar-refractivity contribution in [3.63, 3.8) is 0 Å².